The topological polar surface area (TPSA) is 150 Å². The molecule has 8 nitrogen and oxygen atoms in total. The van der Waals surface area contributed by atoms with Crippen LogP contribution in [-0.4, -0.2) is 44.8 Å². The number of hydrogen-bond donors (Lipinski definition) is 5. The highest BCUT2D eigenvalue weighted by Gasteiger charge is 2.27. The third-order valence-electron chi connectivity index (χ3n) is 1.95. The van der Waals surface area contributed by atoms with Gasteiger partial charge in [-0.1, -0.05) is 6.42 Å². The standard InChI is InChI=1S/C7H18N3O5P/c8-4-2-1-3-6(7(9)11)10(12)5-16(13,14)15/h6,12H,1-5,8H2,(H2,9,11)(H2,13,14,15)/t6-/m0/s1. The van der Waals surface area contributed by atoms with E-state index in [0.29, 0.717) is 24.4 Å². The van der Waals surface area contributed by atoms with E-state index in [4.69, 9.17) is 21.3 Å². The van der Waals surface area contributed by atoms with Crippen LogP contribution in [0.1, 0.15) is 19.3 Å². The number of hydroxylamine groups is 2. The molecule has 0 unspecified atom stereocenters. The van der Waals surface area contributed by atoms with Gasteiger partial charge < -0.3 is 26.5 Å². The first kappa shape index (κ1) is 15.5. The number of nitrogens with two attached hydrogens (primary N) is 2. The maximum absolute atomic E-state index is 11.0. The van der Waals surface area contributed by atoms with E-state index in [9.17, 15) is 14.6 Å². The molecule has 0 bridgehead atoms. The quantitative estimate of drug-likeness (QED) is 0.207. The molecule has 0 spiro atoms. The van der Waals surface area contributed by atoms with Crippen LogP contribution in [0.3, 0.4) is 0 Å². The summed E-state index contributed by atoms with van der Waals surface area (Å²) in [5, 5.41) is 9.61. The van der Waals surface area contributed by atoms with Crippen molar-refractivity contribution in [2.45, 2.75) is 25.3 Å². The summed E-state index contributed by atoms with van der Waals surface area (Å²) in [6, 6.07) is -1.10. The highest BCUT2D eigenvalue weighted by Crippen LogP contribution is 2.35. The van der Waals surface area contributed by atoms with E-state index in [1.54, 1.807) is 0 Å². The lowest BCUT2D eigenvalue weighted by Gasteiger charge is -2.23. The summed E-state index contributed by atoms with van der Waals surface area (Å²) in [6.45, 7) is 0.440. The van der Waals surface area contributed by atoms with Crippen molar-refractivity contribution in [3.8, 4) is 0 Å². The third-order valence-corrected chi connectivity index (χ3v) is 2.61. The molecule has 9 heteroatoms. The molecule has 7 N–H and O–H groups in total. The van der Waals surface area contributed by atoms with Gasteiger partial charge in [0.15, 0.2) is 0 Å². The van der Waals surface area contributed by atoms with Crippen LogP contribution >= 0.6 is 7.60 Å². The predicted molar refractivity (Wildman–Crippen MR) is 56.4 cm³/mol. The summed E-state index contributed by atoms with van der Waals surface area (Å²) in [4.78, 5) is 28.2. The molecular formula is C7H18N3O5P. The number of hydrogen-bond acceptors (Lipinski definition) is 5. The SMILES string of the molecule is NCCCC[C@@H](C(N)=O)N(O)CP(=O)(O)O. The van der Waals surface area contributed by atoms with Crippen molar-refractivity contribution >= 4 is 13.5 Å². The average molecular weight is 255 g/mol. The van der Waals surface area contributed by atoms with Gasteiger partial charge in [-0.05, 0) is 19.4 Å². The summed E-state index contributed by atoms with van der Waals surface area (Å²) >= 11 is 0. The smallest absolute Gasteiger partial charge is 0.341 e. The lowest BCUT2D eigenvalue weighted by molar-refractivity contribution is -0.148. The zero-order chi connectivity index (χ0) is 12.8. The van der Waals surface area contributed by atoms with E-state index in [-0.39, 0.29) is 6.42 Å². The Kier molecular flexibility index (Phi) is 6.73. The van der Waals surface area contributed by atoms with Gasteiger partial charge in [-0.2, -0.15) is 5.06 Å². The molecule has 0 aliphatic heterocycles. The predicted octanol–water partition coefficient (Wildman–Crippen LogP) is -1.20. The van der Waals surface area contributed by atoms with E-state index in [2.05, 4.69) is 0 Å². The highest BCUT2D eigenvalue weighted by atomic mass is 31.2. The fourth-order valence-corrected chi connectivity index (χ4v) is 1.78. The van der Waals surface area contributed by atoms with E-state index in [1.807, 2.05) is 0 Å². The van der Waals surface area contributed by atoms with E-state index in [1.165, 1.54) is 0 Å². The Labute approximate surface area is 93.3 Å². The Morgan fingerprint density at radius 2 is 1.94 bits per heavy atom. The van der Waals surface area contributed by atoms with Crippen LogP contribution in [0.25, 0.3) is 0 Å². The second-order valence-corrected chi connectivity index (χ2v) is 5.06. The molecule has 0 aliphatic rings. The van der Waals surface area contributed by atoms with E-state index < -0.39 is 25.8 Å². The van der Waals surface area contributed by atoms with Gasteiger partial charge in [-0.3, -0.25) is 9.36 Å². The monoisotopic (exact) mass is 255 g/mol. The van der Waals surface area contributed by atoms with E-state index >= 15 is 0 Å². The lowest BCUT2D eigenvalue weighted by Crippen LogP contribution is -2.43. The van der Waals surface area contributed by atoms with Gasteiger partial charge in [-0.15, -0.1) is 0 Å². The van der Waals surface area contributed by atoms with Crippen LogP contribution in [0.2, 0.25) is 0 Å². The van der Waals surface area contributed by atoms with Crippen molar-refractivity contribution in [2.75, 3.05) is 12.8 Å². The molecule has 0 radical (unpaired) electrons. The number of carbonyl (C=O) groups excluding carboxylic acids is 1. The molecule has 0 heterocycles. The van der Waals surface area contributed by atoms with Crippen LogP contribution < -0.4 is 11.5 Å². The Balaban J connectivity index is 4.30. The first-order valence-electron chi connectivity index (χ1n) is 4.77. The van der Waals surface area contributed by atoms with Gasteiger partial charge in [-0.25, -0.2) is 0 Å². The van der Waals surface area contributed by atoms with Gasteiger partial charge in [0.25, 0.3) is 0 Å². The number of carbonyl (C=O) groups is 1. The fourth-order valence-electron chi connectivity index (χ4n) is 1.21. The van der Waals surface area contributed by atoms with Crippen molar-refractivity contribution in [3.05, 3.63) is 0 Å². The molecule has 0 aromatic rings. The van der Waals surface area contributed by atoms with Crippen LogP contribution in [0.15, 0.2) is 0 Å². The molecular weight excluding hydrogens is 237 g/mol. The van der Waals surface area contributed by atoms with Crippen LogP contribution in [0.4, 0.5) is 0 Å². The van der Waals surface area contributed by atoms with Crippen LogP contribution in [-0.2, 0) is 9.36 Å². The Hall–Kier alpha value is -0.500. The number of primary amides is 1. The van der Waals surface area contributed by atoms with Crippen molar-refractivity contribution in [2.24, 2.45) is 11.5 Å². The number of rotatable bonds is 8. The van der Waals surface area contributed by atoms with Crippen molar-refractivity contribution in [1.29, 1.82) is 0 Å². The van der Waals surface area contributed by atoms with Gasteiger partial charge >= 0.3 is 7.60 Å². The minimum atomic E-state index is -4.41. The summed E-state index contributed by atoms with van der Waals surface area (Å²) in [7, 11) is -4.41. The third kappa shape index (κ3) is 6.89. The van der Waals surface area contributed by atoms with Crippen LogP contribution in [0.5, 0.6) is 0 Å². The Bertz CT molecular complexity index is 269. The molecule has 0 saturated carbocycles. The zero-order valence-electron chi connectivity index (χ0n) is 8.82. The summed E-state index contributed by atoms with van der Waals surface area (Å²) in [6.07, 6.45) is 0.488. The minimum Gasteiger partial charge on any atom is -0.368 e. The molecule has 0 aliphatic carbocycles. The molecule has 96 valence electrons. The second-order valence-electron chi connectivity index (χ2n) is 3.45. The Morgan fingerprint density at radius 3 is 2.31 bits per heavy atom. The van der Waals surface area contributed by atoms with E-state index in [0.717, 1.165) is 0 Å². The minimum absolute atomic E-state index is 0.211. The zero-order valence-corrected chi connectivity index (χ0v) is 9.71. The highest BCUT2D eigenvalue weighted by molar-refractivity contribution is 7.51. The molecule has 16 heavy (non-hydrogen) atoms. The van der Waals surface area contributed by atoms with Crippen molar-refractivity contribution < 1.29 is 24.4 Å². The maximum Gasteiger partial charge on any atom is 0.341 e. The number of amides is 1. The summed E-state index contributed by atoms with van der Waals surface area (Å²) in [5.74, 6) is -0.826. The van der Waals surface area contributed by atoms with Gasteiger partial charge in [0.2, 0.25) is 5.91 Å². The fraction of sp³-hybridized carbons (Fsp3) is 0.857. The van der Waals surface area contributed by atoms with Gasteiger partial charge in [0.05, 0.1) is 0 Å². The summed E-state index contributed by atoms with van der Waals surface area (Å²) in [5.41, 5.74) is 10.3. The maximum atomic E-state index is 11.0. The molecule has 0 fully saturated rings. The molecule has 1 amide bonds. The van der Waals surface area contributed by atoms with Gasteiger partial charge in [0.1, 0.15) is 12.3 Å². The first-order valence-corrected chi connectivity index (χ1v) is 6.57. The summed E-state index contributed by atoms with van der Waals surface area (Å²) < 4.78 is 10.6. The van der Waals surface area contributed by atoms with Crippen molar-refractivity contribution in [3.63, 3.8) is 0 Å². The van der Waals surface area contributed by atoms with Crippen molar-refractivity contribution in [1.82, 2.24) is 5.06 Å². The largest absolute Gasteiger partial charge is 0.368 e. The second kappa shape index (κ2) is 6.95. The lowest BCUT2D eigenvalue weighted by atomic mass is 10.1. The molecule has 0 aromatic carbocycles. The molecule has 1 atom stereocenters. The molecule has 0 aromatic heterocycles. The normalized spacial score (nSPS) is 14.1. The number of unbranched alkanes of at least 4 members (excludes halogenated alkanes) is 1. The molecule has 0 saturated heterocycles. The van der Waals surface area contributed by atoms with Crippen LogP contribution in [0, 0.1) is 0 Å². The van der Waals surface area contributed by atoms with Gasteiger partial charge in [0, 0.05) is 0 Å². The number of nitrogens with zero attached hydrogens (tertiary/aromatic N) is 1. The Morgan fingerprint density at radius 1 is 1.38 bits per heavy atom. The molecule has 0 rings (SSSR count). The first-order chi connectivity index (χ1) is 7.28. The average Bonchev–Trinajstić information content (AvgIpc) is 2.08.